The van der Waals surface area contributed by atoms with Crippen molar-refractivity contribution in [1.29, 1.82) is 0 Å². The van der Waals surface area contributed by atoms with E-state index in [1.165, 1.54) is 10.4 Å². The van der Waals surface area contributed by atoms with Gasteiger partial charge in [0, 0.05) is 35.7 Å². The average molecular weight is 639 g/mol. The summed E-state index contributed by atoms with van der Waals surface area (Å²) in [5.41, 5.74) is 5.29. The van der Waals surface area contributed by atoms with Gasteiger partial charge in [0.15, 0.2) is 0 Å². The molecule has 0 fully saturated rings. The molecule has 7 heteroatoms. The number of furan rings is 1. The molecule has 3 heterocycles. The van der Waals surface area contributed by atoms with Crippen LogP contribution in [0.5, 0.6) is 0 Å². The monoisotopic (exact) mass is 638 g/mol. The zero-order valence-corrected chi connectivity index (χ0v) is 27.9. The van der Waals surface area contributed by atoms with E-state index < -0.39 is 14.3 Å². The third kappa shape index (κ3) is 5.71. The number of nitrogens with zero attached hydrogens (tertiary/aromatic N) is 1. The second-order valence-corrected chi connectivity index (χ2v) is 17.5. The number of carboxylic acid groups (broad SMARTS) is 1. The van der Waals surface area contributed by atoms with Gasteiger partial charge in [-0.1, -0.05) is 118 Å². The molecule has 1 aliphatic rings. The van der Waals surface area contributed by atoms with Crippen LogP contribution in [0.25, 0.3) is 33.6 Å². The van der Waals surface area contributed by atoms with Crippen LogP contribution in [0.4, 0.5) is 0 Å². The van der Waals surface area contributed by atoms with Gasteiger partial charge in [-0.15, -0.1) is 0 Å². The summed E-state index contributed by atoms with van der Waals surface area (Å²) in [4.78, 5) is 16.9. The fourth-order valence-corrected chi connectivity index (χ4v) is 11.7. The molecule has 6 nitrogen and oxygen atoms in total. The maximum atomic E-state index is 12.2. The van der Waals surface area contributed by atoms with Crippen molar-refractivity contribution in [3.8, 4) is 22.6 Å². The predicted octanol–water partition coefficient (Wildman–Crippen LogP) is 7.97. The molecule has 0 spiro atoms. The Hall–Kier alpha value is -4.82. The summed E-state index contributed by atoms with van der Waals surface area (Å²) >= 11 is 0. The van der Waals surface area contributed by atoms with E-state index in [4.69, 9.17) is 13.8 Å². The minimum absolute atomic E-state index is 0.0407. The van der Waals surface area contributed by atoms with Gasteiger partial charge in [0.05, 0.1) is 5.69 Å². The number of nitrogens with one attached hydrogen (secondary N) is 1. The maximum absolute atomic E-state index is 12.2. The highest BCUT2D eigenvalue weighted by Gasteiger charge is 2.50. The number of carboxylic acids is 1. The second kappa shape index (κ2) is 12.4. The number of fused-ring (bicyclic) bond motifs is 2. The topological polar surface area (TPSA) is 84.6 Å². The Morgan fingerprint density at radius 1 is 0.872 bits per heavy atom. The SMILES string of the molecule is CC(C)(C)[Si](OCC[C@H]1NCc2cc(C(=O)O)nc(-c3cccc(-c4cc5ccccc5o4)c3)c21)(c1ccccc1)c1ccccc1. The second-order valence-electron chi connectivity index (χ2n) is 13.2. The Morgan fingerprint density at radius 3 is 2.19 bits per heavy atom. The van der Waals surface area contributed by atoms with Crippen LogP contribution in [0.15, 0.2) is 126 Å². The van der Waals surface area contributed by atoms with Crippen LogP contribution in [0, 0.1) is 0 Å². The van der Waals surface area contributed by atoms with Crippen molar-refractivity contribution < 1.29 is 18.7 Å². The molecule has 0 saturated heterocycles. The van der Waals surface area contributed by atoms with Gasteiger partial charge in [0.1, 0.15) is 17.0 Å². The van der Waals surface area contributed by atoms with Crippen molar-refractivity contribution in [2.75, 3.05) is 6.61 Å². The molecule has 0 amide bonds. The van der Waals surface area contributed by atoms with Crippen molar-refractivity contribution >= 4 is 35.6 Å². The van der Waals surface area contributed by atoms with Crippen LogP contribution in [0.1, 0.15) is 54.8 Å². The van der Waals surface area contributed by atoms with Gasteiger partial charge in [-0.25, -0.2) is 9.78 Å². The largest absolute Gasteiger partial charge is 0.477 e. The third-order valence-corrected chi connectivity index (χ3v) is 14.3. The molecule has 6 aromatic rings. The number of benzene rings is 4. The van der Waals surface area contributed by atoms with Crippen molar-refractivity contribution in [2.24, 2.45) is 0 Å². The van der Waals surface area contributed by atoms with Gasteiger partial charge < -0.3 is 19.3 Å². The van der Waals surface area contributed by atoms with Gasteiger partial charge in [-0.2, -0.15) is 0 Å². The summed E-state index contributed by atoms with van der Waals surface area (Å²) in [5, 5.41) is 17.0. The van der Waals surface area contributed by atoms with Crippen LogP contribution in [-0.2, 0) is 11.0 Å². The summed E-state index contributed by atoms with van der Waals surface area (Å²) in [5.74, 6) is -0.284. The summed E-state index contributed by atoms with van der Waals surface area (Å²) in [6, 6.07) is 41.0. The lowest BCUT2D eigenvalue weighted by atomic mass is 9.95. The van der Waals surface area contributed by atoms with Crippen molar-refractivity contribution in [3.63, 3.8) is 0 Å². The van der Waals surface area contributed by atoms with Gasteiger partial charge >= 0.3 is 5.97 Å². The maximum Gasteiger partial charge on any atom is 0.354 e. The van der Waals surface area contributed by atoms with Gasteiger partial charge in [0.2, 0.25) is 0 Å². The molecule has 0 aliphatic carbocycles. The van der Waals surface area contributed by atoms with Crippen LogP contribution in [0.3, 0.4) is 0 Å². The molecule has 1 aliphatic heterocycles. The normalized spacial score (nSPS) is 14.7. The van der Waals surface area contributed by atoms with E-state index in [0.717, 1.165) is 39.0 Å². The Bertz CT molecular complexity index is 1980. The van der Waals surface area contributed by atoms with Gasteiger partial charge in [-0.05, 0) is 57.2 Å². The molecule has 0 unspecified atom stereocenters. The molecule has 2 N–H and O–H groups in total. The van der Waals surface area contributed by atoms with Crippen molar-refractivity contribution in [3.05, 3.63) is 138 Å². The third-order valence-electron chi connectivity index (χ3n) is 9.24. The molecule has 0 radical (unpaired) electrons. The highest BCUT2D eigenvalue weighted by molar-refractivity contribution is 6.99. The van der Waals surface area contributed by atoms with E-state index in [1.807, 2.05) is 54.6 Å². The Labute approximate surface area is 276 Å². The van der Waals surface area contributed by atoms with E-state index in [9.17, 15) is 9.90 Å². The molecule has 2 aromatic heterocycles. The summed E-state index contributed by atoms with van der Waals surface area (Å²) < 4.78 is 13.4. The van der Waals surface area contributed by atoms with E-state index >= 15 is 0 Å². The molecule has 1 atom stereocenters. The molecule has 0 bridgehead atoms. The molecule has 0 saturated carbocycles. The zero-order valence-electron chi connectivity index (χ0n) is 26.9. The molecule has 7 rings (SSSR count). The number of hydrogen-bond acceptors (Lipinski definition) is 5. The summed E-state index contributed by atoms with van der Waals surface area (Å²) in [7, 11) is -2.71. The van der Waals surface area contributed by atoms with E-state index in [-0.39, 0.29) is 16.8 Å². The van der Waals surface area contributed by atoms with Crippen LogP contribution in [-0.4, -0.2) is 31.0 Å². The van der Waals surface area contributed by atoms with Crippen molar-refractivity contribution in [2.45, 2.75) is 44.8 Å². The first-order chi connectivity index (χ1) is 22.7. The Morgan fingerprint density at radius 2 is 1.53 bits per heavy atom. The predicted molar refractivity (Wildman–Crippen MR) is 190 cm³/mol. The summed E-state index contributed by atoms with van der Waals surface area (Å²) in [6.45, 7) is 7.95. The fourth-order valence-electron chi connectivity index (χ4n) is 7.09. The quantitative estimate of drug-likeness (QED) is 0.156. The van der Waals surface area contributed by atoms with E-state index in [2.05, 4.69) is 86.8 Å². The van der Waals surface area contributed by atoms with Gasteiger partial charge in [-0.3, -0.25) is 0 Å². The van der Waals surface area contributed by atoms with E-state index in [1.54, 1.807) is 6.07 Å². The average Bonchev–Trinajstić information content (AvgIpc) is 3.71. The van der Waals surface area contributed by atoms with Crippen molar-refractivity contribution in [1.82, 2.24) is 10.3 Å². The number of aromatic carboxylic acids is 1. The first-order valence-corrected chi connectivity index (χ1v) is 18.0. The highest BCUT2D eigenvalue weighted by Crippen LogP contribution is 2.40. The van der Waals surface area contributed by atoms with Crippen LogP contribution >= 0.6 is 0 Å². The Balaban J connectivity index is 1.24. The Kier molecular flexibility index (Phi) is 8.14. The highest BCUT2D eigenvalue weighted by atomic mass is 28.4. The molecule has 236 valence electrons. The first-order valence-electron chi connectivity index (χ1n) is 16.1. The zero-order chi connectivity index (χ0) is 32.6. The molecule has 4 aromatic carbocycles. The smallest absolute Gasteiger partial charge is 0.354 e. The minimum Gasteiger partial charge on any atom is -0.477 e. The number of para-hydroxylation sites is 1. The number of rotatable bonds is 9. The molecular formula is C40H38N2O4Si. The number of carbonyl (C=O) groups is 1. The fraction of sp³-hybridized carbons (Fsp3) is 0.200. The van der Waals surface area contributed by atoms with Gasteiger partial charge in [0.25, 0.3) is 8.32 Å². The molecular weight excluding hydrogens is 601 g/mol. The number of hydrogen-bond donors (Lipinski definition) is 2. The number of pyridine rings is 1. The lowest BCUT2D eigenvalue weighted by molar-refractivity contribution is 0.0690. The standard InChI is InChI=1S/C40H38N2O4Si/c1-40(2,3)47(31-16-6-4-7-17-31,32-18-8-5-9-19-32)45-22-21-33-37-30(26-41-33)24-34(39(43)44)42-38(37)29-15-12-14-27(23-29)36-25-28-13-10-11-20-35(28)46-36/h4-20,23-25,33,41H,21-22,26H2,1-3H3,(H,43,44)/t33-/m1/s1. The lowest BCUT2D eigenvalue weighted by Gasteiger charge is -2.43. The summed E-state index contributed by atoms with van der Waals surface area (Å²) in [6.07, 6.45) is 0.710. The number of aromatic nitrogens is 1. The lowest BCUT2D eigenvalue weighted by Crippen LogP contribution is -2.66. The van der Waals surface area contributed by atoms with E-state index in [0.29, 0.717) is 25.3 Å². The van der Waals surface area contributed by atoms with Crippen LogP contribution < -0.4 is 15.7 Å². The first kappa shape index (κ1) is 30.8. The minimum atomic E-state index is -2.71. The molecule has 47 heavy (non-hydrogen) atoms. The van der Waals surface area contributed by atoms with Crippen LogP contribution in [0.2, 0.25) is 5.04 Å².